The number of halogens is 1. The quantitative estimate of drug-likeness (QED) is 0.582. The van der Waals surface area contributed by atoms with Crippen LogP contribution in [-0.4, -0.2) is 43.7 Å². The van der Waals surface area contributed by atoms with Crippen LogP contribution in [0.1, 0.15) is 31.1 Å². The van der Waals surface area contributed by atoms with Gasteiger partial charge in [0.25, 0.3) is 5.91 Å². The van der Waals surface area contributed by atoms with Crippen molar-refractivity contribution >= 4 is 32.6 Å². The molecule has 3 rings (SSSR count). The van der Waals surface area contributed by atoms with Gasteiger partial charge in [0.05, 0.1) is 37.5 Å². The van der Waals surface area contributed by atoms with E-state index >= 15 is 0 Å². The molecule has 0 atom stereocenters. The molecule has 154 valence electrons. The Morgan fingerprint density at radius 3 is 2.48 bits per heavy atom. The van der Waals surface area contributed by atoms with Crippen molar-refractivity contribution in [2.45, 2.75) is 20.8 Å². The van der Waals surface area contributed by atoms with Crippen molar-refractivity contribution in [2.75, 3.05) is 37.7 Å². The first-order valence-electron chi connectivity index (χ1n) is 10.0. The summed E-state index contributed by atoms with van der Waals surface area (Å²) in [7, 11) is 0. The predicted molar refractivity (Wildman–Crippen MR) is 116 cm³/mol. The number of hydrogen-bond donors (Lipinski definition) is 1. The summed E-state index contributed by atoms with van der Waals surface area (Å²) in [5, 5.41) is 0.524. The molecule has 1 amide bonds. The van der Waals surface area contributed by atoms with Gasteiger partial charge in [-0.25, -0.2) is 9.37 Å². The van der Waals surface area contributed by atoms with Crippen molar-refractivity contribution in [3.8, 4) is 5.75 Å². The molecule has 0 radical (unpaired) electrons. The number of carbonyl (C=O) groups excluding carboxylic acids is 1. The molecule has 7 heteroatoms. The van der Waals surface area contributed by atoms with Crippen molar-refractivity contribution in [3.63, 3.8) is 0 Å². The molecule has 1 heterocycles. The molecule has 0 unspecified atom stereocenters. The van der Waals surface area contributed by atoms with E-state index in [0.29, 0.717) is 29.4 Å². The zero-order valence-electron chi connectivity index (χ0n) is 17.1. The average molecular weight is 417 g/mol. The van der Waals surface area contributed by atoms with Gasteiger partial charge in [-0.1, -0.05) is 17.4 Å². The van der Waals surface area contributed by atoms with Crippen molar-refractivity contribution in [2.24, 2.45) is 0 Å². The molecule has 0 saturated heterocycles. The molecule has 3 aromatic rings. The van der Waals surface area contributed by atoms with Crippen LogP contribution in [0.2, 0.25) is 0 Å². The summed E-state index contributed by atoms with van der Waals surface area (Å²) < 4.78 is 20.4. The maximum atomic E-state index is 14.1. The second kappa shape index (κ2) is 9.80. The monoisotopic (exact) mass is 416 g/mol. The molecular weight excluding hydrogens is 389 g/mol. The molecule has 0 aliphatic carbocycles. The first-order chi connectivity index (χ1) is 14.1. The Morgan fingerprint density at radius 1 is 1.14 bits per heavy atom. The Balaban J connectivity index is 1.92. The summed E-state index contributed by atoms with van der Waals surface area (Å²) in [5.41, 5.74) is 0.870. The lowest BCUT2D eigenvalue weighted by Gasteiger charge is -2.23. The van der Waals surface area contributed by atoms with E-state index in [1.54, 1.807) is 35.2 Å². The molecule has 0 fully saturated rings. The number of fused-ring (bicyclic) bond motifs is 1. The van der Waals surface area contributed by atoms with Gasteiger partial charge in [-0.3, -0.25) is 9.69 Å². The summed E-state index contributed by atoms with van der Waals surface area (Å²) in [6.45, 7) is 10.0. The van der Waals surface area contributed by atoms with Crippen LogP contribution in [0, 0.1) is 5.82 Å². The molecule has 1 aromatic heterocycles. The lowest BCUT2D eigenvalue weighted by molar-refractivity contribution is -0.894. The Kier molecular flexibility index (Phi) is 7.17. The first kappa shape index (κ1) is 21.2. The number of ether oxygens (including phenoxy) is 1. The van der Waals surface area contributed by atoms with E-state index in [0.717, 1.165) is 30.1 Å². The molecule has 0 spiro atoms. The van der Waals surface area contributed by atoms with Gasteiger partial charge < -0.3 is 9.64 Å². The summed E-state index contributed by atoms with van der Waals surface area (Å²) >= 11 is 1.34. The first-order valence-corrected chi connectivity index (χ1v) is 10.8. The topological polar surface area (TPSA) is 46.9 Å². The lowest BCUT2D eigenvalue weighted by Crippen LogP contribution is -3.12. The number of benzene rings is 2. The number of hydrogen-bond acceptors (Lipinski definition) is 4. The number of quaternary nitrogens is 1. The molecule has 0 aliphatic heterocycles. The van der Waals surface area contributed by atoms with E-state index < -0.39 is 0 Å². The van der Waals surface area contributed by atoms with Gasteiger partial charge in [-0.15, -0.1) is 0 Å². The van der Waals surface area contributed by atoms with Crippen molar-refractivity contribution < 1.29 is 18.8 Å². The number of anilines is 1. The number of rotatable bonds is 9. The van der Waals surface area contributed by atoms with Gasteiger partial charge in [0.1, 0.15) is 17.1 Å². The third kappa shape index (κ3) is 4.92. The fraction of sp³-hybridized carbons (Fsp3) is 0.364. The van der Waals surface area contributed by atoms with Crippen LogP contribution < -0.4 is 14.5 Å². The number of carbonyl (C=O) groups is 1. The van der Waals surface area contributed by atoms with Gasteiger partial charge in [0, 0.05) is 5.56 Å². The third-order valence-electron chi connectivity index (χ3n) is 4.94. The largest absolute Gasteiger partial charge is 0.494 e. The molecule has 5 nitrogen and oxygen atoms in total. The second-order valence-corrected chi connectivity index (χ2v) is 7.71. The highest BCUT2D eigenvalue weighted by molar-refractivity contribution is 7.22. The zero-order valence-corrected chi connectivity index (χ0v) is 17.9. The molecule has 0 saturated carbocycles. The molecule has 29 heavy (non-hydrogen) atoms. The van der Waals surface area contributed by atoms with Crippen LogP contribution in [0.4, 0.5) is 9.52 Å². The maximum absolute atomic E-state index is 14.1. The number of thiazole rings is 1. The van der Waals surface area contributed by atoms with E-state index in [-0.39, 0.29) is 11.7 Å². The van der Waals surface area contributed by atoms with Gasteiger partial charge in [-0.05, 0) is 57.2 Å². The van der Waals surface area contributed by atoms with E-state index in [2.05, 4.69) is 18.8 Å². The lowest BCUT2D eigenvalue weighted by atomic mass is 10.2. The Labute approximate surface area is 174 Å². The summed E-state index contributed by atoms with van der Waals surface area (Å²) in [6, 6.07) is 12.0. The minimum absolute atomic E-state index is 0.140. The summed E-state index contributed by atoms with van der Waals surface area (Å²) in [4.78, 5) is 20.8. The number of nitrogens with one attached hydrogen (secondary N) is 1. The predicted octanol–water partition coefficient (Wildman–Crippen LogP) is 3.41. The third-order valence-corrected chi connectivity index (χ3v) is 5.98. The Hall–Kier alpha value is -2.51. The Morgan fingerprint density at radius 2 is 1.86 bits per heavy atom. The molecule has 0 aliphatic rings. The fourth-order valence-electron chi connectivity index (χ4n) is 3.19. The molecule has 2 aromatic carbocycles. The maximum Gasteiger partial charge on any atom is 0.260 e. The minimum atomic E-state index is -0.368. The number of para-hydroxylation sites is 1. The van der Waals surface area contributed by atoms with Crippen LogP contribution in [-0.2, 0) is 0 Å². The number of likely N-dealkylation sites (N-methyl/N-ethyl adjacent to an activating group) is 1. The van der Waals surface area contributed by atoms with Gasteiger partial charge in [0.2, 0.25) is 0 Å². The number of amides is 1. The minimum Gasteiger partial charge on any atom is -0.494 e. The van der Waals surface area contributed by atoms with Crippen molar-refractivity contribution in [1.29, 1.82) is 0 Å². The number of aromatic nitrogens is 1. The summed E-state index contributed by atoms with van der Waals surface area (Å²) in [5.74, 6) is 0.220. The van der Waals surface area contributed by atoms with E-state index in [9.17, 15) is 9.18 Å². The molecular formula is C22H27FN3O2S+. The smallest absolute Gasteiger partial charge is 0.260 e. The van der Waals surface area contributed by atoms with Crippen LogP contribution in [0.25, 0.3) is 10.2 Å². The number of nitrogens with zero attached hydrogens (tertiary/aromatic N) is 2. The van der Waals surface area contributed by atoms with Crippen LogP contribution in [0.5, 0.6) is 5.75 Å². The van der Waals surface area contributed by atoms with Gasteiger partial charge in [0.15, 0.2) is 5.13 Å². The highest BCUT2D eigenvalue weighted by Gasteiger charge is 2.23. The van der Waals surface area contributed by atoms with Crippen LogP contribution in [0.15, 0.2) is 42.5 Å². The average Bonchev–Trinajstić information content (AvgIpc) is 3.17. The fourth-order valence-corrected chi connectivity index (χ4v) is 4.20. The normalized spacial score (nSPS) is 11.2. The SMILES string of the molecule is CCOc1ccc(C(=O)N(CC[NH+](CC)CC)c2nc3c(F)cccc3s2)cc1. The van der Waals surface area contributed by atoms with E-state index in [4.69, 9.17) is 4.74 Å². The molecule has 0 bridgehead atoms. The van der Waals surface area contributed by atoms with E-state index in [1.165, 1.54) is 22.3 Å². The second-order valence-electron chi connectivity index (χ2n) is 6.70. The highest BCUT2D eigenvalue weighted by Crippen LogP contribution is 2.31. The van der Waals surface area contributed by atoms with Crippen LogP contribution in [0.3, 0.4) is 0 Å². The van der Waals surface area contributed by atoms with Crippen molar-refractivity contribution in [1.82, 2.24) is 4.98 Å². The van der Waals surface area contributed by atoms with Gasteiger partial charge >= 0.3 is 0 Å². The standard InChI is InChI=1S/C22H26FN3O2S/c1-4-25(5-2)14-15-26(21(27)16-10-12-17(13-11-16)28-6-3)22-24-20-18(23)8-7-9-19(20)29-22/h7-13H,4-6,14-15H2,1-3H3/p+1. The van der Waals surface area contributed by atoms with Crippen molar-refractivity contribution in [3.05, 3.63) is 53.8 Å². The molecule has 1 N–H and O–H groups in total. The highest BCUT2D eigenvalue weighted by atomic mass is 32.1. The van der Waals surface area contributed by atoms with Gasteiger partial charge in [-0.2, -0.15) is 0 Å². The summed E-state index contributed by atoms with van der Waals surface area (Å²) in [6.07, 6.45) is 0. The van der Waals surface area contributed by atoms with E-state index in [1.807, 2.05) is 13.0 Å². The zero-order chi connectivity index (χ0) is 20.8. The Bertz CT molecular complexity index is 954. The van der Waals surface area contributed by atoms with Crippen LogP contribution >= 0.6 is 11.3 Å².